The van der Waals surface area contributed by atoms with Gasteiger partial charge in [-0.25, -0.2) is 0 Å². The third-order valence-corrected chi connectivity index (χ3v) is 17.7. The average Bonchev–Trinajstić information content (AvgIpc) is 3.87. The van der Waals surface area contributed by atoms with E-state index in [2.05, 4.69) is 254 Å². The van der Waals surface area contributed by atoms with E-state index in [1.807, 2.05) is 23.5 Å². The zero-order valence-electron chi connectivity index (χ0n) is 37.4. The van der Waals surface area contributed by atoms with Crippen LogP contribution >= 0.6 is 23.5 Å². The summed E-state index contributed by atoms with van der Waals surface area (Å²) in [4.78, 5) is 7.79. The minimum Gasteiger partial charge on any atom is -0.310 e. The molecule has 2 aliphatic heterocycles. The maximum Gasteiger partial charge on any atom is 0.0736 e. The van der Waals surface area contributed by atoms with Gasteiger partial charge in [0.15, 0.2) is 0 Å². The molecule has 0 amide bonds. The summed E-state index contributed by atoms with van der Waals surface area (Å²) in [6.45, 7) is 0. The SMILES string of the molecule is c1ccc(-c2ccc3cc(N(c4ccc5c(c4)C4(c6ccccc6Sc6ccccc64)c4ccccc4-5)c4cccc5c4-c4ccccc4C54c5ccccc5Sc5ccccc54)ccc3c2)cc1. The van der Waals surface area contributed by atoms with Gasteiger partial charge in [0.1, 0.15) is 0 Å². The summed E-state index contributed by atoms with van der Waals surface area (Å²) >= 11 is 3.79. The maximum atomic E-state index is 2.57. The van der Waals surface area contributed by atoms with E-state index in [-0.39, 0.29) is 0 Å². The molecular weight excluding hydrogens is 871 g/mol. The summed E-state index contributed by atoms with van der Waals surface area (Å²) in [5.41, 5.74) is 20.6. The Bertz CT molecular complexity index is 3850. The highest BCUT2D eigenvalue weighted by molar-refractivity contribution is 7.99. The first-order valence-electron chi connectivity index (χ1n) is 23.8. The quantitative estimate of drug-likeness (QED) is 0.173. The molecule has 69 heavy (non-hydrogen) atoms. The lowest BCUT2D eigenvalue weighted by atomic mass is 9.67. The number of rotatable bonds is 4. The second kappa shape index (κ2) is 14.8. The predicted octanol–water partition coefficient (Wildman–Crippen LogP) is 17.6. The molecule has 0 radical (unpaired) electrons. The fraction of sp³-hybridized carbons (Fsp3) is 0.0303. The van der Waals surface area contributed by atoms with Crippen LogP contribution in [-0.2, 0) is 10.8 Å². The van der Waals surface area contributed by atoms with Crippen LogP contribution in [0.5, 0.6) is 0 Å². The first-order chi connectivity index (χ1) is 34.2. The number of fused-ring (bicyclic) bond motifs is 19. The molecule has 0 saturated heterocycles. The molecule has 2 heterocycles. The molecule has 0 aromatic heterocycles. The van der Waals surface area contributed by atoms with Gasteiger partial charge in [0.2, 0.25) is 0 Å². The van der Waals surface area contributed by atoms with Crippen molar-refractivity contribution in [2.75, 3.05) is 4.90 Å². The topological polar surface area (TPSA) is 3.24 Å². The highest BCUT2D eigenvalue weighted by Crippen LogP contribution is 2.66. The van der Waals surface area contributed by atoms with E-state index in [1.54, 1.807) is 0 Å². The van der Waals surface area contributed by atoms with Gasteiger partial charge in [-0.3, -0.25) is 0 Å². The van der Waals surface area contributed by atoms with Crippen LogP contribution in [0.3, 0.4) is 0 Å². The van der Waals surface area contributed by atoms with Crippen LogP contribution in [-0.4, -0.2) is 0 Å². The molecule has 11 aromatic rings. The van der Waals surface area contributed by atoms with Gasteiger partial charge in [-0.05, 0) is 144 Å². The molecule has 2 spiro atoms. The normalized spacial score (nSPS) is 14.5. The van der Waals surface area contributed by atoms with Crippen molar-refractivity contribution < 1.29 is 0 Å². The molecule has 1 nitrogen and oxygen atoms in total. The Labute approximate surface area is 410 Å². The first kappa shape index (κ1) is 39.2. The summed E-state index contributed by atoms with van der Waals surface area (Å²) in [7, 11) is 0. The molecule has 322 valence electrons. The molecule has 4 aliphatic rings. The van der Waals surface area contributed by atoms with Crippen molar-refractivity contribution in [3.8, 4) is 33.4 Å². The van der Waals surface area contributed by atoms with Gasteiger partial charge in [-0.2, -0.15) is 0 Å². The van der Waals surface area contributed by atoms with Gasteiger partial charge in [0.25, 0.3) is 0 Å². The van der Waals surface area contributed by atoms with Crippen molar-refractivity contribution in [1.29, 1.82) is 0 Å². The van der Waals surface area contributed by atoms with E-state index >= 15 is 0 Å². The zero-order valence-corrected chi connectivity index (χ0v) is 39.1. The third kappa shape index (κ3) is 5.35. The molecule has 2 aliphatic carbocycles. The van der Waals surface area contributed by atoms with Crippen LogP contribution in [0.2, 0.25) is 0 Å². The number of hydrogen-bond acceptors (Lipinski definition) is 3. The molecule has 15 rings (SSSR count). The van der Waals surface area contributed by atoms with E-state index in [9.17, 15) is 0 Å². The lowest BCUT2D eigenvalue weighted by molar-refractivity contribution is 0.722. The van der Waals surface area contributed by atoms with Crippen LogP contribution in [0.25, 0.3) is 44.2 Å². The van der Waals surface area contributed by atoms with Gasteiger partial charge in [0.05, 0.1) is 16.5 Å². The Kier molecular flexibility index (Phi) is 8.43. The van der Waals surface area contributed by atoms with Crippen LogP contribution in [0, 0.1) is 0 Å². The van der Waals surface area contributed by atoms with Crippen LogP contribution in [0.15, 0.2) is 268 Å². The molecular formula is C66H41NS2. The van der Waals surface area contributed by atoms with Crippen molar-refractivity contribution in [3.05, 3.63) is 293 Å². The zero-order chi connectivity index (χ0) is 45.3. The second-order valence-corrected chi connectivity index (χ2v) is 20.8. The van der Waals surface area contributed by atoms with Gasteiger partial charge >= 0.3 is 0 Å². The Morgan fingerprint density at radius 2 is 0.725 bits per heavy atom. The van der Waals surface area contributed by atoms with Crippen molar-refractivity contribution in [1.82, 2.24) is 0 Å². The minimum absolute atomic E-state index is 0.500. The maximum absolute atomic E-state index is 2.57. The second-order valence-electron chi connectivity index (χ2n) is 18.7. The van der Waals surface area contributed by atoms with Crippen LogP contribution < -0.4 is 4.90 Å². The van der Waals surface area contributed by atoms with Gasteiger partial charge in [-0.1, -0.05) is 212 Å². The van der Waals surface area contributed by atoms with E-state index < -0.39 is 10.8 Å². The van der Waals surface area contributed by atoms with Crippen molar-refractivity contribution in [2.24, 2.45) is 0 Å². The van der Waals surface area contributed by atoms with Gasteiger partial charge in [0, 0.05) is 36.5 Å². The number of hydrogen-bond donors (Lipinski definition) is 0. The summed E-state index contributed by atoms with van der Waals surface area (Å²) in [6.07, 6.45) is 0. The number of benzene rings is 11. The highest BCUT2D eigenvalue weighted by atomic mass is 32.2. The van der Waals surface area contributed by atoms with E-state index in [1.165, 1.54) is 108 Å². The smallest absolute Gasteiger partial charge is 0.0736 e. The molecule has 0 unspecified atom stereocenters. The van der Waals surface area contributed by atoms with E-state index in [0.29, 0.717) is 0 Å². The molecule has 3 heteroatoms. The molecule has 0 bridgehead atoms. The molecule has 0 N–H and O–H groups in total. The Morgan fingerprint density at radius 1 is 0.275 bits per heavy atom. The Morgan fingerprint density at radius 3 is 1.36 bits per heavy atom. The average molecular weight is 912 g/mol. The Balaban J connectivity index is 1.03. The summed E-state index contributed by atoms with van der Waals surface area (Å²) in [5, 5.41) is 2.41. The monoisotopic (exact) mass is 911 g/mol. The standard InChI is InChI=1S/C66H41NS2/c1-2-17-42(18-3-1)43-33-34-45-40-46(36-35-44(45)39-43)67(47-37-38-49-48-19-4-6-21-51(48)66(58(49)41-47)55-25-10-14-31-62(55)69-63-32-15-11-26-56(63)66)59-28-16-27-57-64(59)50-20-5-7-22-52(50)65(57)53-23-8-12-29-60(53)68-61-30-13-9-24-54(61)65/h1-41H. The van der Waals surface area contributed by atoms with Crippen LogP contribution in [0.4, 0.5) is 17.1 Å². The molecule has 0 saturated carbocycles. The fourth-order valence-electron chi connectivity index (χ4n) is 12.7. The van der Waals surface area contributed by atoms with Crippen molar-refractivity contribution in [3.63, 3.8) is 0 Å². The fourth-order valence-corrected chi connectivity index (χ4v) is 15.0. The first-order valence-corrected chi connectivity index (χ1v) is 25.5. The van der Waals surface area contributed by atoms with Gasteiger partial charge in [-0.15, -0.1) is 0 Å². The largest absolute Gasteiger partial charge is 0.310 e. The Hall–Kier alpha value is -7.82. The minimum atomic E-state index is -0.508. The van der Waals surface area contributed by atoms with Crippen molar-refractivity contribution in [2.45, 2.75) is 30.4 Å². The van der Waals surface area contributed by atoms with E-state index in [4.69, 9.17) is 0 Å². The lowest BCUT2D eigenvalue weighted by Gasteiger charge is -2.40. The van der Waals surface area contributed by atoms with Gasteiger partial charge < -0.3 is 4.90 Å². The summed E-state index contributed by atoms with van der Waals surface area (Å²) in [5.74, 6) is 0. The summed E-state index contributed by atoms with van der Waals surface area (Å²) < 4.78 is 0. The molecule has 11 aromatic carbocycles. The van der Waals surface area contributed by atoms with E-state index in [0.717, 1.165) is 17.1 Å². The number of anilines is 3. The number of nitrogens with zero attached hydrogens (tertiary/aromatic N) is 1. The highest BCUT2D eigenvalue weighted by Gasteiger charge is 2.52. The lowest BCUT2D eigenvalue weighted by Crippen LogP contribution is -2.32. The van der Waals surface area contributed by atoms with Crippen LogP contribution in [0.1, 0.15) is 44.5 Å². The summed E-state index contributed by atoms with van der Waals surface area (Å²) in [6, 6.07) is 93.9. The third-order valence-electron chi connectivity index (χ3n) is 15.4. The van der Waals surface area contributed by atoms with Crippen molar-refractivity contribution >= 4 is 51.4 Å². The predicted molar refractivity (Wildman–Crippen MR) is 287 cm³/mol. The molecule has 0 fully saturated rings. The molecule has 0 atom stereocenters.